The van der Waals surface area contributed by atoms with Crippen molar-refractivity contribution in [3.63, 3.8) is 0 Å². The maximum Gasteiger partial charge on any atom is 0.326 e. The third-order valence-corrected chi connectivity index (χ3v) is 14.0. The summed E-state index contributed by atoms with van der Waals surface area (Å²) in [6.07, 6.45) is 3.04. The molecule has 3 aliphatic rings. The van der Waals surface area contributed by atoms with E-state index in [1.807, 2.05) is 0 Å². The van der Waals surface area contributed by atoms with Crippen LogP contribution in [0.25, 0.3) is 0 Å². The highest BCUT2D eigenvalue weighted by molar-refractivity contribution is 5.99. The van der Waals surface area contributed by atoms with Crippen LogP contribution in [0.2, 0.25) is 0 Å². The van der Waals surface area contributed by atoms with Crippen LogP contribution in [0.3, 0.4) is 0 Å². The van der Waals surface area contributed by atoms with Gasteiger partial charge < -0.3 is 80.2 Å². The average Bonchev–Trinajstić information content (AvgIpc) is 4.20. The summed E-state index contributed by atoms with van der Waals surface area (Å²) in [4.78, 5) is 135. The molecule has 0 bridgehead atoms. The number of nitrogens with two attached hydrogens (primary N) is 5. The van der Waals surface area contributed by atoms with Gasteiger partial charge in [-0.05, 0) is 82.3 Å². The Labute approximate surface area is 446 Å². The molecule has 0 spiro atoms. The van der Waals surface area contributed by atoms with Gasteiger partial charge in [-0.25, -0.2) is 4.79 Å². The zero-order chi connectivity index (χ0) is 56.2. The van der Waals surface area contributed by atoms with Gasteiger partial charge in [0, 0.05) is 45.6 Å². The van der Waals surface area contributed by atoms with Crippen molar-refractivity contribution in [1.82, 2.24) is 41.3 Å². The number of aliphatic hydroxyl groups is 1. The smallest absolute Gasteiger partial charge is 0.326 e. The molecule has 0 radical (unpaired) electrons. The first-order valence-electron chi connectivity index (χ1n) is 25.9. The first-order chi connectivity index (χ1) is 36.7. The van der Waals surface area contributed by atoms with Crippen molar-refractivity contribution in [2.75, 3.05) is 45.9 Å². The predicted molar refractivity (Wildman–Crippen MR) is 282 cm³/mol. The lowest BCUT2D eigenvalue weighted by Crippen LogP contribution is -2.64. The fourth-order valence-electron chi connectivity index (χ4n) is 9.83. The standard InChI is InChI=1S/C51H75N15O11/c1-51(48(77)63-36(28-32-15-6-3-7-16-32)42(70)61-34(47(75)76)18-9-23-58-50(55)56)21-12-26-66(51)45(73)37(30-67)62-41(69)35(27-31-13-4-2-5-14-31)60-40(68)29-59-43(71)38-19-10-24-64(38)46(74)39-20-11-25-65(39)44(72)33(52)17-8-22-57-49(53)54/h2-7,13-16,33-39,67H,8-12,17-30,52H2,1H3,(H,59,71)(H,60,68)(H,61,70)(H,62,69)(H,63,77)(H,75,76)(H4,53,54,57)(H4,55,56,58)/t33-,34-,35-,36-,37-,38-,39-,51-/m0/s1. The van der Waals surface area contributed by atoms with E-state index in [0.29, 0.717) is 69.2 Å². The van der Waals surface area contributed by atoms with E-state index in [0.717, 1.165) is 0 Å². The summed E-state index contributed by atoms with van der Waals surface area (Å²) >= 11 is 0. The van der Waals surface area contributed by atoms with Crippen molar-refractivity contribution in [3.05, 3.63) is 71.8 Å². The zero-order valence-corrected chi connectivity index (χ0v) is 43.4. The number of carbonyl (C=O) groups is 9. The number of likely N-dealkylation sites (tertiary alicyclic amines) is 3. The molecular formula is C51H75N15O11. The summed E-state index contributed by atoms with van der Waals surface area (Å²) in [5.74, 6) is -6.98. The lowest BCUT2D eigenvalue weighted by molar-refractivity contribution is -0.148. The van der Waals surface area contributed by atoms with Crippen molar-refractivity contribution < 1.29 is 53.4 Å². The molecule has 3 fully saturated rings. The van der Waals surface area contributed by atoms with Crippen LogP contribution in [0.15, 0.2) is 70.6 Å². The maximum atomic E-state index is 14.4. The number of aliphatic imine (C=N–C) groups is 2. The number of guanidine groups is 2. The number of hydrogen-bond donors (Lipinski definition) is 12. The number of amides is 8. The molecule has 2 aromatic rings. The van der Waals surface area contributed by atoms with Crippen LogP contribution in [0.5, 0.6) is 0 Å². The molecule has 77 heavy (non-hydrogen) atoms. The number of carboxylic acids is 1. The molecular weight excluding hydrogens is 999 g/mol. The normalized spacial score (nSPS) is 19.9. The van der Waals surface area contributed by atoms with Gasteiger partial charge in [0.25, 0.3) is 0 Å². The number of benzene rings is 2. The topological polar surface area (TPSA) is 419 Å². The number of nitrogens with one attached hydrogen (secondary N) is 5. The Balaban J connectivity index is 1.23. The molecule has 0 aromatic heterocycles. The second-order valence-electron chi connectivity index (χ2n) is 19.6. The average molecular weight is 1070 g/mol. The zero-order valence-electron chi connectivity index (χ0n) is 43.4. The van der Waals surface area contributed by atoms with E-state index in [1.165, 1.54) is 21.6 Å². The van der Waals surface area contributed by atoms with E-state index in [9.17, 15) is 53.4 Å². The predicted octanol–water partition coefficient (Wildman–Crippen LogP) is -3.60. The van der Waals surface area contributed by atoms with E-state index in [2.05, 4.69) is 36.6 Å². The van der Waals surface area contributed by atoms with Crippen LogP contribution in [0.4, 0.5) is 0 Å². The molecule has 8 atom stereocenters. The van der Waals surface area contributed by atoms with Crippen LogP contribution >= 0.6 is 0 Å². The van der Waals surface area contributed by atoms with Crippen molar-refractivity contribution in [2.24, 2.45) is 38.7 Å². The summed E-state index contributed by atoms with van der Waals surface area (Å²) in [5.41, 5.74) is 27.4. The van der Waals surface area contributed by atoms with Gasteiger partial charge in [0.15, 0.2) is 11.9 Å². The molecule has 8 amide bonds. The van der Waals surface area contributed by atoms with E-state index in [1.54, 1.807) is 60.7 Å². The third-order valence-electron chi connectivity index (χ3n) is 14.0. The first kappa shape index (κ1) is 60.0. The van der Waals surface area contributed by atoms with Crippen LogP contribution in [0, 0.1) is 0 Å². The van der Waals surface area contributed by atoms with Crippen LogP contribution in [-0.2, 0) is 56.0 Å². The van der Waals surface area contributed by atoms with Crippen LogP contribution in [0.1, 0.15) is 82.3 Å². The van der Waals surface area contributed by atoms with Gasteiger partial charge >= 0.3 is 5.97 Å². The fourth-order valence-corrected chi connectivity index (χ4v) is 9.83. The van der Waals surface area contributed by atoms with E-state index >= 15 is 0 Å². The molecule has 420 valence electrons. The summed E-state index contributed by atoms with van der Waals surface area (Å²) in [6, 6.07) is 9.09. The van der Waals surface area contributed by atoms with Gasteiger partial charge in [0.1, 0.15) is 41.8 Å². The number of carbonyl (C=O) groups excluding carboxylic acids is 8. The Morgan fingerprint density at radius 1 is 0.662 bits per heavy atom. The summed E-state index contributed by atoms with van der Waals surface area (Å²) in [7, 11) is 0. The van der Waals surface area contributed by atoms with Gasteiger partial charge in [-0.1, -0.05) is 60.7 Å². The molecule has 2 aromatic carbocycles. The first-order valence-corrected chi connectivity index (χ1v) is 25.9. The van der Waals surface area contributed by atoms with Crippen LogP contribution in [-0.4, -0.2) is 184 Å². The van der Waals surface area contributed by atoms with Crippen molar-refractivity contribution >= 4 is 65.1 Å². The van der Waals surface area contributed by atoms with Crippen molar-refractivity contribution in [1.29, 1.82) is 0 Å². The highest BCUT2D eigenvalue weighted by Gasteiger charge is 2.49. The molecule has 0 saturated carbocycles. The molecule has 5 rings (SSSR count). The van der Waals surface area contributed by atoms with Crippen molar-refractivity contribution in [3.8, 4) is 0 Å². The molecule has 0 unspecified atom stereocenters. The number of carboxylic acid groups (broad SMARTS) is 1. The second kappa shape index (κ2) is 28.9. The summed E-state index contributed by atoms with van der Waals surface area (Å²) < 4.78 is 0. The Kier molecular flexibility index (Phi) is 22.5. The highest BCUT2D eigenvalue weighted by Crippen LogP contribution is 2.31. The molecule has 0 aliphatic carbocycles. The molecule has 26 nitrogen and oxygen atoms in total. The Morgan fingerprint density at radius 2 is 1.19 bits per heavy atom. The lowest BCUT2D eigenvalue weighted by atomic mass is 9.95. The minimum Gasteiger partial charge on any atom is -0.480 e. The van der Waals surface area contributed by atoms with Crippen molar-refractivity contribution in [2.45, 2.75) is 132 Å². The van der Waals surface area contributed by atoms with Gasteiger partial charge in [-0.3, -0.25) is 48.3 Å². The third kappa shape index (κ3) is 17.1. The lowest BCUT2D eigenvalue weighted by Gasteiger charge is -2.37. The Hall–Kier alpha value is -7.87. The summed E-state index contributed by atoms with van der Waals surface area (Å²) in [6.45, 7) is 1.00. The Morgan fingerprint density at radius 3 is 1.75 bits per heavy atom. The molecule has 3 aliphatic heterocycles. The second-order valence-corrected chi connectivity index (χ2v) is 19.6. The van der Waals surface area contributed by atoms with Gasteiger partial charge in [0.05, 0.1) is 19.2 Å². The summed E-state index contributed by atoms with van der Waals surface area (Å²) in [5, 5.41) is 33.5. The maximum absolute atomic E-state index is 14.4. The number of rotatable bonds is 27. The molecule has 17 N–H and O–H groups in total. The van der Waals surface area contributed by atoms with Crippen LogP contribution < -0.4 is 55.3 Å². The largest absolute Gasteiger partial charge is 0.480 e. The fraction of sp³-hybridized carbons (Fsp3) is 0.549. The van der Waals surface area contributed by atoms with E-state index in [-0.39, 0.29) is 69.6 Å². The van der Waals surface area contributed by atoms with Gasteiger partial charge in [-0.2, -0.15) is 0 Å². The molecule has 26 heteroatoms. The molecule has 3 heterocycles. The number of hydrogen-bond acceptors (Lipinski definition) is 13. The Bertz CT molecular complexity index is 2460. The highest BCUT2D eigenvalue weighted by atomic mass is 16.4. The minimum atomic E-state index is -1.61. The number of aliphatic carboxylic acids is 1. The molecule has 3 saturated heterocycles. The number of aliphatic hydroxyl groups excluding tert-OH is 1. The van der Waals surface area contributed by atoms with E-state index < -0.39 is 108 Å². The van der Waals surface area contributed by atoms with Gasteiger partial charge in [0.2, 0.25) is 47.3 Å². The quantitative estimate of drug-likeness (QED) is 0.0234. The van der Waals surface area contributed by atoms with Gasteiger partial charge in [-0.15, -0.1) is 0 Å². The number of nitrogens with zero attached hydrogens (tertiary/aromatic N) is 5. The van der Waals surface area contributed by atoms with E-state index in [4.69, 9.17) is 28.7 Å². The SMILES string of the molecule is C[C@@]1(C(=O)N[C@@H](Cc2ccccc2)C(=O)N[C@@H](CCCN=C(N)N)C(=O)O)CCCN1C(=O)[C@H](CO)NC(=O)[C@H](Cc1ccccc1)NC(=O)CNC(=O)[C@@H]1CCCN1C(=O)[C@@H]1CCCN1C(=O)[C@@H](N)CCCN=C(N)N. The minimum absolute atomic E-state index is 0.0258. The monoisotopic (exact) mass is 1070 g/mol.